The van der Waals surface area contributed by atoms with Crippen LogP contribution in [-0.2, 0) is 6.54 Å². The van der Waals surface area contributed by atoms with E-state index >= 15 is 0 Å². The zero-order valence-electron chi connectivity index (χ0n) is 11.4. The standard InChI is InChI=1S/C16H24N2/c1-2-13-7-8-18(11-13)12-15-10-17-9-14-5-3-4-6-16(14)15/h3-6,13,15,17H,2,7-12H2,1H3. The molecule has 1 N–H and O–H groups in total. The molecule has 2 unspecified atom stereocenters. The van der Waals surface area contributed by atoms with Crippen LogP contribution in [0.1, 0.15) is 36.8 Å². The molecular weight excluding hydrogens is 220 g/mol. The smallest absolute Gasteiger partial charge is 0.0208 e. The van der Waals surface area contributed by atoms with Crippen molar-refractivity contribution >= 4 is 0 Å². The first kappa shape index (κ1) is 12.2. The quantitative estimate of drug-likeness (QED) is 0.879. The fraction of sp³-hybridized carbons (Fsp3) is 0.625. The maximum Gasteiger partial charge on any atom is 0.0208 e. The molecule has 0 aliphatic carbocycles. The Morgan fingerprint density at radius 2 is 2.22 bits per heavy atom. The summed E-state index contributed by atoms with van der Waals surface area (Å²) < 4.78 is 0. The van der Waals surface area contributed by atoms with E-state index in [1.165, 1.54) is 38.0 Å². The highest BCUT2D eigenvalue weighted by Gasteiger charge is 2.26. The van der Waals surface area contributed by atoms with Gasteiger partial charge in [-0.2, -0.15) is 0 Å². The highest BCUT2D eigenvalue weighted by atomic mass is 15.1. The van der Waals surface area contributed by atoms with Gasteiger partial charge in [-0.1, -0.05) is 37.6 Å². The van der Waals surface area contributed by atoms with Crippen molar-refractivity contribution in [3.8, 4) is 0 Å². The van der Waals surface area contributed by atoms with Crippen LogP contribution in [0.15, 0.2) is 24.3 Å². The lowest BCUT2D eigenvalue weighted by Crippen LogP contribution is -2.36. The van der Waals surface area contributed by atoms with Crippen molar-refractivity contribution < 1.29 is 0 Å². The molecule has 2 nitrogen and oxygen atoms in total. The van der Waals surface area contributed by atoms with Crippen molar-refractivity contribution in [3.63, 3.8) is 0 Å². The Morgan fingerprint density at radius 3 is 3.06 bits per heavy atom. The highest BCUT2D eigenvalue weighted by molar-refractivity contribution is 5.32. The van der Waals surface area contributed by atoms with Crippen LogP contribution in [0, 0.1) is 5.92 Å². The summed E-state index contributed by atoms with van der Waals surface area (Å²) in [6.45, 7) is 8.37. The van der Waals surface area contributed by atoms with E-state index in [0.717, 1.165) is 19.0 Å². The zero-order chi connectivity index (χ0) is 12.4. The maximum absolute atomic E-state index is 3.56. The number of nitrogens with one attached hydrogen (secondary N) is 1. The number of hydrogen-bond donors (Lipinski definition) is 1. The SMILES string of the molecule is CCC1CCN(CC2CNCc3ccccc32)C1. The van der Waals surface area contributed by atoms with Crippen molar-refractivity contribution in [2.45, 2.75) is 32.2 Å². The molecule has 1 aromatic rings. The largest absolute Gasteiger partial charge is 0.312 e. The maximum atomic E-state index is 3.56. The topological polar surface area (TPSA) is 15.3 Å². The third-order valence-corrected chi connectivity index (χ3v) is 4.63. The van der Waals surface area contributed by atoms with Crippen LogP contribution in [0.4, 0.5) is 0 Å². The van der Waals surface area contributed by atoms with E-state index in [2.05, 4.69) is 41.4 Å². The van der Waals surface area contributed by atoms with Crippen molar-refractivity contribution in [2.24, 2.45) is 5.92 Å². The van der Waals surface area contributed by atoms with Crippen LogP contribution in [0.2, 0.25) is 0 Å². The van der Waals surface area contributed by atoms with Crippen LogP contribution < -0.4 is 5.32 Å². The Labute approximate surface area is 110 Å². The molecule has 1 fully saturated rings. The second-order valence-corrected chi connectivity index (χ2v) is 5.85. The Hall–Kier alpha value is -0.860. The first-order valence-electron chi connectivity index (χ1n) is 7.37. The molecule has 0 amide bonds. The Bertz CT molecular complexity index is 402. The van der Waals surface area contributed by atoms with Crippen molar-refractivity contribution in [1.82, 2.24) is 10.2 Å². The summed E-state index contributed by atoms with van der Waals surface area (Å²) in [5.74, 6) is 1.63. The predicted octanol–water partition coefficient (Wildman–Crippen LogP) is 2.61. The van der Waals surface area contributed by atoms with Gasteiger partial charge in [-0.05, 0) is 30.0 Å². The van der Waals surface area contributed by atoms with Crippen molar-refractivity contribution in [1.29, 1.82) is 0 Å². The normalized spacial score (nSPS) is 28.3. The Morgan fingerprint density at radius 1 is 1.33 bits per heavy atom. The molecule has 98 valence electrons. The van der Waals surface area contributed by atoms with E-state index in [-0.39, 0.29) is 0 Å². The molecule has 2 aliphatic heterocycles. The fourth-order valence-corrected chi connectivity index (χ4v) is 3.47. The van der Waals surface area contributed by atoms with Gasteiger partial charge in [-0.25, -0.2) is 0 Å². The highest BCUT2D eigenvalue weighted by Crippen LogP contribution is 2.27. The summed E-state index contributed by atoms with van der Waals surface area (Å²) in [5, 5.41) is 3.56. The van der Waals surface area contributed by atoms with E-state index in [4.69, 9.17) is 0 Å². The van der Waals surface area contributed by atoms with Gasteiger partial charge in [0.1, 0.15) is 0 Å². The van der Waals surface area contributed by atoms with Gasteiger partial charge in [0, 0.05) is 32.1 Å². The average Bonchev–Trinajstić information content (AvgIpc) is 2.87. The molecule has 0 radical (unpaired) electrons. The first-order chi connectivity index (χ1) is 8.86. The summed E-state index contributed by atoms with van der Waals surface area (Å²) in [4.78, 5) is 2.67. The van der Waals surface area contributed by atoms with Gasteiger partial charge in [0.2, 0.25) is 0 Å². The molecule has 2 heterocycles. The lowest BCUT2D eigenvalue weighted by molar-refractivity contribution is 0.291. The van der Waals surface area contributed by atoms with Crippen molar-refractivity contribution in [2.75, 3.05) is 26.2 Å². The molecule has 2 aliphatic rings. The number of benzene rings is 1. The monoisotopic (exact) mass is 244 g/mol. The minimum absolute atomic E-state index is 0.686. The molecule has 2 heteroatoms. The minimum atomic E-state index is 0.686. The molecule has 18 heavy (non-hydrogen) atoms. The third kappa shape index (κ3) is 2.45. The van der Waals surface area contributed by atoms with Gasteiger partial charge in [-0.3, -0.25) is 0 Å². The fourth-order valence-electron chi connectivity index (χ4n) is 3.47. The molecule has 1 aromatic carbocycles. The minimum Gasteiger partial charge on any atom is -0.312 e. The first-order valence-corrected chi connectivity index (χ1v) is 7.37. The summed E-state index contributed by atoms with van der Waals surface area (Å²) in [6.07, 6.45) is 2.74. The molecular formula is C16H24N2. The average molecular weight is 244 g/mol. The second-order valence-electron chi connectivity index (χ2n) is 5.85. The van der Waals surface area contributed by atoms with E-state index in [1.54, 1.807) is 5.56 Å². The third-order valence-electron chi connectivity index (χ3n) is 4.63. The lowest BCUT2D eigenvalue weighted by Gasteiger charge is -2.30. The molecule has 3 rings (SSSR count). The van der Waals surface area contributed by atoms with Gasteiger partial charge in [0.15, 0.2) is 0 Å². The van der Waals surface area contributed by atoms with Crippen LogP contribution in [0.3, 0.4) is 0 Å². The van der Waals surface area contributed by atoms with E-state index < -0.39 is 0 Å². The van der Waals surface area contributed by atoms with Crippen LogP contribution >= 0.6 is 0 Å². The summed E-state index contributed by atoms with van der Waals surface area (Å²) in [6, 6.07) is 8.95. The van der Waals surface area contributed by atoms with Gasteiger partial charge in [-0.15, -0.1) is 0 Å². The number of likely N-dealkylation sites (tertiary alicyclic amines) is 1. The van der Waals surface area contributed by atoms with Gasteiger partial charge < -0.3 is 10.2 Å². The molecule has 0 spiro atoms. The number of nitrogens with zero attached hydrogens (tertiary/aromatic N) is 1. The van der Waals surface area contributed by atoms with Crippen LogP contribution in [-0.4, -0.2) is 31.1 Å². The lowest BCUT2D eigenvalue weighted by atomic mass is 9.90. The summed E-state index contributed by atoms with van der Waals surface area (Å²) in [7, 11) is 0. The summed E-state index contributed by atoms with van der Waals surface area (Å²) in [5.41, 5.74) is 3.08. The van der Waals surface area contributed by atoms with Crippen LogP contribution in [0.5, 0.6) is 0 Å². The predicted molar refractivity (Wildman–Crippen MR) is 75.7 cm³/mol. The van der Waals surface area contributed by atoms with E-state index in [1.807, 2.05) is 0 Å². The molecule has 2 atom stereocenters. The molecule has 0 aromatic heterocycles. The number of fused-ring (bicyclic) bond motifs is 1. The molecule has 0 saturated carbocycles. The second kappa shape index (κ2) is 5.41. The summed E-state index contributed by atoms with van der Waals surface area (Å²) >= 11 is 0. The Kier molecular flexibility index (Phi) is 3.67. The van der Waals surface area contributed by atoms with Crippen LogP contribution in [0.25, 0.3) is 0 Å². The zero-order valence-corrected chi connectivity index (χ0v) is 11.4. The van der Waals surface area contributed by atoms with Crippen molar-refractivity contribution in [3.05, 3.63) is 35.4 Å². The van der Waals surface area contributed by atoms with Gasteiger partial charge >= 0.3 is 0 Å². The van der Waals surface area contributed by atoms with E-state index in [9.17, 15) is 0 Å². The molecule has 1 saturated heterocycles. The number of hydrogen-bond acceptors (Lipinski definition) is 2. The van der Waals surface area contributed by atoms with E-state index in [0.29, 0.717) is 5.92 Å². The van der Waals surface area contributed by atoms with Gasteiger partial charge in [0.05, 0.1) is 0 Å². The number of rotatable bonds is 3. The Balaban J connectivity index is 1.67. The molecule has 0 bridgehead atoms. The van der Waals surface area contributed by atoms with Gasteiger partial charge in [0.25, 0.3) is 0 Å².